The Labute approximate surface area is 165 Å². The Bertz CT molecular complexity index is 956. The Morgan fingerprint density at radius 2 is 1.81 bits per heavy atom. The van der Waals surface area contributed by atoms with Gasteiger partial charge in [0.15, 0.2) is 5.13 Å². The van der Waals surface area contributed by atoms with Gasteiger partial charge in [0.05, 0.1) is 12.1 Å². The molecule has 0 unspecified atom stereocenters. The highest BCUT2D eigenvalue weighted by Crippen LogP contribution is 2.18. The van der Waals surface area contributed by atoms with Crippen molar-refractivity contribution in [1.29, 1.82) is 0 Å². The molecular formula is C19H17ClN4O2S. The zero-order valence-electron chi connectivity index (χ0n) is 14.5. The van der Waals surface area contributed by atoms with Crippen molar-refractivity contribution in [3.63, 3.8) is 0 Å². The minimum absolute atomic E-state index is 0.111. The van der Waals surface area contributed by atoms with Crippen molar-refractivity contribution >= 4 is 51.4 Å². The molecule has 8 heteroatoms. The second-order valence-electron chi connectivity index (χ2n) is 5.82. The van der Waals surface area contributed by atoms with Crippen molar-refractivity contribution < 1.29 is 9.59 Å². The lowest BCUT2D eigenvalue weighted by atomic mass is 10.2. The first-order valence-corrected chi connectivity index (χ1v) is 9.38. The molecule has 0 bridgehead atoms. The number of benzene rings is 2. The van der Waals surface area contributed by atoms with E-state index >= 15 is 0 Å². The maximum atomic E-state index is 12.1. The summed E-state index contributed by atoms with van der Waals surface area (Å²) in [6, 6.07) is 14.0. The number of anilines is 3. The number of halogens is 1. The first kappa shape index (κ1) is 18.9. The van der Waals surface area contributed by atoms with Gasteiger partial charge in [0, 0.05) is 21.8 Å². The maximum absolute atomic E-state index is 12.1. The Hall–Kier alpha value is -2.90. The molecule has 0 saturated heterocycles. The van der Waals surface area contributed by atoms with Gasteiger partial charge in [-0.1, -0.05) is 23.7 Å². The van der Waals surface area contributed by atoms with Crippen LogP contribution in [0.3, 0.4) is 0 Å². The molecule has 3 N–H and O–H groups in total. The number of thiazole rings is 1. The van der Waals surface area contributed by atoms with Crippen molar-refractivity contribution in [2.45, 2.75) is 13.3 Å². The van der Waals surface area contributed by atoms with E-state index in [2.05, 4.69) is 20.9 Å². The summed E-state index contributed by atoms with van der Waals surface area (Å²) in [5, 5.41) is 11.0. The number of rotatable bonds is 5. The van der Waals surface area contributed by atoms with Gasteiger partial charge in [-0.05, 0) is 48.9 Å². The number of carbonyl (C=O) groups excluding carboxylic acids is 2. The average molecular weight is 401 g/mol. The van der Waals surface area contributed by atoms with Gasteiger partial charge >= 0.3 is 6.03 Å². The molecule has 138 valence electrons. The van der Waals surface area contributed by atoms with Crippen LogP contribution in [-0.2, 0) is 11.2 Å². The minimum atomic E-state index is -0.382. The largest absolute Gasteiger partial charge is 0.326 e. The number of aryl methyl sites for hydroxylation is 1. The molecule has 3 amide bonds. The topological polar surface area (TPSA) is 83.1 Å². The van der Waals surface area contributed by atoms with E-state index in [4.69, 9.17) is 11.6 Å². The second-order valence-corrected chi connectivity index (χ2v) is 7.12. The predicted molar refractivity (Wildman–Crippen MR) is 110 cm³/mol. The van der Waals surface area contributed by atoms with E-state index in [0.717, 1.165) is 5.56 Å². The summed E-state index contributed by atoms with van der Waals surface area (Å²) in [6.45, 7) is 1.95. The molecule has 0 atom stereocenters. The zero-order valence-corrected chi connectivity index (χ0v) is 16.0. The van der Waals surface area contributed by atoms with Crippen LogP contribution in [0.1, 0.15) is 11.3 Å². The minimum Gasteiger partial charge on any atom is -0.326 e. The third-order valence-electron chi connectivity index (χ3n) is 3.52. The lowest BCUT2D eigenvalue weighted by molar-refractivity contribution is -0.115. The Kier molecular flexibility index (Phi) is 6.05. The van der Waals surface area contributed by atoms with Gasteiger partial charge in [0.2, 0.25) is 5.91 Å². The molecule has 1 heterocycles. The van der Waals surface area contributed by atoms with Gasteiger partial charge < -0.3 is 10.6 Å². The van der Waals surface area contributed by atoms with Crippen LogP contribution in [0.25, 0.3) is 0 Å². The van der Waals surface area contributed by atoms with E-state index in [1.807, 2.05) is 25.1 Å². The molecule has 0 aliphatic heterocycles. The number of urea groups is 1. The second kappa shape index (κ2) is 8.66. The third kappa shape index (κ3) is 5.80. The monoisotopic (exact) mass is 400 g/mol. The van der Waals surface area contributed by atoms with Crippen molar-refractivity contribution in [2.24, 2.45) is 0 Å². The average Bonchev–Trinajstić information content (AvgIpc) is 3.03. The van der Waals surface area contributed by atoms with Gasteiger partial charge in [-0.2, -0.15) is 0 Å². The standard InChI is InChI=1S/C19H17ClN4O2S/c1-12-3-2-4-15(9-12)22-18(26)24-19-23-16(11-27-19)10-17(25)21-14-7-5-13(20)6-8-14/h2-9,11H,10H2,1H3,(H,21,25)(H2,22,23,24,26). The summed E-state index contributed by atoms with van der Waals surface area (Å²) in [5.41, 5.74) is 3.00. The number of aromatic nitrogens is 1. The van der Waals surface area contributed by atoms with Crippen LogP contribution in [0, 0.1) is 6.92 Å². The number of nitrogens with one attached hydrogen (secondary N) is 3. The van der Waals surface area contributed by atoms with Gasteiger partial charge in [-0.3, -0.25) is 10.1 Å². The van der Waals surface area contributed by atoms with Gasteiger partial charge in [0.1, 0.15) is 0 Å². The highest BCUT2D eigenvalue weighted by atomic mass is 35.5. The molecule has 0 spiro atoms. The fraction of sp³-hybridized carbons (Fsp3) is 0.105. The van der Waals surface area contributed by atoms with Gasteiger partial charge in [-0.15, -0.1) is 11.3 Å². The molecule has 0 aliphatic rings. The number of amides is 3. The molecule has 3 aromatic rings. The summed E-state index contributed by atoms with van der Waals surface area (Å²) in [6.07, 6.45) is 0.111. The summed E-state index contributed by atoms with van der Waals surface area (Å²) >= 11 is 7.08. The Morgan fingerprint density at radius 1 is 1.04 bits per heavy atom. The van der Waals surface area contributed by atoms with Crippen LogP contribution < -0.4 is 16.0 Å². The van der Waals surface area contributed by atoms with Crippen LogP contribution in [0.4, 0.5) is 21.3 Å². The van der Waals surface area contributed by atoms with Gasteiger partial charge in [-0.25, -0.2) is 9.78 Å². The highest BCUT2D eigenvalue weighted by molar-refractivity contribution is 7.14. The smallest absolute Gasteiger partial charge is 0.325 e. The molecule has 0 radical (unpaired) electrons. The molecule has 27 heavy (non-hydrogen) atoms. The van der Waals surface area contributed by atoms with Crippen LogP contribution >= 0.6 is 22.9 Å². The summed E-state index contributed by atoms with van der Waals surface area (Å²) in [4.78, 5) is 28.4. The van der Waals surface area contributed by atoms with Crippen molar-refractivity contribution in [3.8, 4) is 0 Å². The molecule has 6 nitrogen and oxygen atoms in total. The Balaban J connectivity index is 1.52. The maximum Gasteiger partial charge on any atom is 0.325 e. The molecule has 0 fully saturated rings. The highest BCUT2D eigenvalue weighted by Gasteiger charge is 2.10. The van der Waals surface area contributed by atoms with Crippen LogP contribution in [-0.4, -0.2) is 16.9 Å². The van der Waals surface area contributed by atoms with Crippen LogP contribution in [0.15, 0.2) is 53.9 Å². The van der Waals surface area contributed by atoms with E-state index in [1.165, 1.54) is 11.3 Å². The molecule has 0 aliphatic carbocycles. The van der Waals surface area contributed by atoms with E-state index in [-0.39, 0.29) is 18.4 Å². The fourth-order valence-corrected chi connectivity index (χ4v) is 3.16. The van der Waals surface area contributed by atoms with Crippen LogP contribution in [0.5, 0.6) is 0 Å². The van der Waals surface area contributed by atoms with E-state index in [0.29, 0.717) is 27.2 Å². The molecule has 0 saturated carbocycles. The lowest BCUT2D eigenvalue weighted by Crippen LogP contribution is -2.19. The SMILES string of the molecule is Cc1cccc(NC(=O)Nc2nc(CC(=O)Nc3ccc(Cl)cc3)cs2)c1. The lowest BCUT2D eigenvalue weighted by Gasteiger charge is -2.06. The summed E-state index contributed by atoms with van der Waals surface area (Å²) in [7, 11) is 0. The fourth-order valence-electron chi connectivity index (χ4n) is 2.33. The molecule has 2 aromatic carbocycles. The molecular weight excluding hydrogens is 384 g/mol. The molecule has 3 rings (SSSR count). The number of carbonyl (C=O) groups is 2. The van der Waals surface area contributed by atoms with E-state index in [9.17, 15) is 9.59 Å². The quantitative estimate of drug-likeness (QED) is 0.567. The van der Waals surface area contributed by atoms with Crippen molar-refractivity contribution in [3.05, 3.63) is 70.2 Å². The van der Waals surface area contributed by atoms with Gasteiger partial charge in [0.25, 0.3) is 0 Å². The number of hydrogen-bond acceptors (Lipinski definition) is 4. The summed E-state index contributed by atoms with van der Waals surface area (Å²) in [5.74, 6) is -0.196. The molecule has 1 aromatic heterocycles. The first-order valence-electron chi connectivity index (χ1n) is 8.12. The Morgan fingerprint density at radius 3 is 2.56 bits per heavy atom. The predicted octanol–water partition coefficient (Wildman–Crippen LogP) is 4.93. The third-order valence-corrected chi connectivity index (χ3v) is 4.58. The normalized spacial score (nSPS) is 10.3. The first-order chi connectivity index (χ1) is 13.0. The zero-order chi connectivity index (χ0) is 19.2. The van der Waals surface area contributed by atoms with E-state index in [1.54, 1.807) is 35.7 Å². The number of nitrogens with zero attached hydrogens (tertiary/aromatic N) is 1. The summed E-state index contributed by atoms with van der Waals surface area (Å²) < 4.78 is 0. The van der Waals surface area contributed by atoms with Crippen LogP contribution in [0.2, 0.25) is 5.02 Å². The van der Waals surface area contributed by atoms with Crippen molar-refractivity contribution in [2.75, 3.05) is 16.0 Å². The van der Waals surface area contributed by atoms with E-state index < -0.39 is 0 Å². The number of hydrogen-bond donors (Lipinski definition) is 3. The van der Waals surface area contributed by atoms with Crippen molar-refractivity contribution in [1.82, 2.24) is 4.98 Å².